The van der Waals surface area contributed by atoms with E-state index in [2.05, 4.69) is 0 Å². The molecule has 0 aliphatic heterocycles. The molecule has 1 heterocycles. The first-order valence-corrected chi connectivity index (χ1v) is 8.16. The van der Waals surface area contributed by atoms with Crippen molar-refractivity contribution in [1.29, 1.82) is 0 Å². The van der Waals surface area contributed by atoms with Gasteiger partial charge in [-0.2, -0.15) is 0 Å². The second-order valence-corrected chi connectivity index (χ2v) is 6.00. The lowest BCUT2D eigenvalue weighted by Gasteiger charge is -2.08. The molecule has 0 unspecified atom stereocenters. The molecule has 0 saturated carbocycles. The lowest BCUT2D eigenvalue weighted by Crippen LogP contribution is -2.06. The Labute approximate surface area is 153 Å². The Morgan fingerprint density at radius 2 is 1.96 bits per heavy atom. The van der Waals surface area contributed by atoms with Crippen molar-refractivity contribution in [3.05, 3.63) is 63.5 Å². The molecular formula is C19H15ClO6. The van der Waals surface area contributed by atoms with Crippen LogP contribution in [0.3, 0.4) is 0 Å². The predicted octanol–water partition coefficient (Wildman–Crippen LogP) is 4.40. The van der Waals surface area contributed by atoms with E-state index in [1.54, 1.807) is 30.3 Å². The predicted molar refractivity (Wildman–Crippen MR) is 96.5 cm³/mol. The van der Waals surface area contributed by atoms with Gasteiger partial charge >= 0.3 is 5.97 Å². The van der Waals surface area contributed by atoms with Crippen LogP contribution in [-0.2, 0) is 4.79 Å². The van der Waals surface area contributed by atoms with Crippen molar-refractivity contribution in [1.82, 2.24) is 0 Å². The number of carboxylic acids is 1. The zero-order valence-corrected chi connectivity index (χ0v) is 14.6. The molecule has 1 aromatic heterocycles. The fourth-order valence-corrected chi connectivity index (χ4v) is 2.43. The van der Waals surface area contributed by atoms with Crippen LogP contribution in [0.15, 0.2) is 51.9 Å². The van der Waals surface area contributed by atoms with Crippen LogP contribution in [0.5, 0.6) is 17.2 Å². The number of halogens is 1. The third kappa shape index (κ3) is 3.97. The number of hydrogen-bond donors (Lipinski definition) is 1. The zero-order valence-electron chi connectivity index (χ0n) is 13.8. The van der Waals surface area contributed by atoms with Crippen LogP contribution in [-0.4, -0.2) is 17.7 Å². The van der Waals surface area contributed by atoms with Crippen LogP contribution >= 0.6 is 11.6 Å². The summed E-state index contributed by atoms with van der Waals surface area (Å²) in [5.41, 5.74) is 0.830. The van der Waals surface area contributed by atoms with E-state index >= 15 is 0 Å². The molecule has 3 aromatic rings. The van der Waals surface area contributed by atoms with Crippen LogP contribution in [0.25, 0.3) is 11.0 Å². The number of carbonyl (C=O) groups is 1. The molecule has 0 saturated heterocycles. The summed E-state index contributed by atoms with van der Waals surface area (Å²) < 4.78 is 16.4. The van der Waals surface area contributed by atoms with E-state index < -0.39 is 5.97 Å². The van der Waals surface area contributed by atoms with Crippen molar-refractivity contribution in [2.75, 3.05) is 6.61 Å². The molecule has 0 spiro atoms. The third-order valence-electron chi connectivity index (χ3n) is 3.66. The highest BCUT2D eigenvalue weighted by Gasteiger charge is 2.11. The van der Waals surface area contributed by atoms with Gasteiger partial charge in [-0.05, 0) is 42.8 Å². The fourth-order valence-electron chi connectivity index (χ4n) is 2.32. The van der Waals surface area contributed by atoms with Crippen molar-refractivity contribution in [3.8, 4) is 17.2 Å². The minimum absolute atomic E-state index is 0.0299. The average molecular weight is 375 g/mol. The van der Waals surface area contributed by atoms with Gasteiger partial charge in [0.2, 0.25) is 11.2 Å². The maximum atomic E-state index is 12.6. The molecule has 7 heteroatoms. The molecule has 0 aliphatic rings. The molecule has 0 bridgehead atoms. The first kappa shape index (κ1) is 17.8. The Morgan fingerprint density at radius 1 is 1.19 bits per heavy atom. The number of aryl methyl sites for hydroxylation is 1. The number of aliphatic carboxylic acids is 1. The van der Waals surface area contributed by atoms with E-state index in [1.165, 1.54) is 12.3 Å². The van der Waals surface area contributed by atoms with Gasteiger partial charge in [-0.25, -0.2) is 0 Å². The molecule has 0 aliphatic carbocycles. The number of hydrogen-bond acceptors (Lipinski definition) is 5. The highest BCUT2D eigenvalue weighted by atomic mass is 35.5. The van der Waals surface area contributed by atoms with Gasteiger partial charge in [0.25, 0.3) is 0 Å². The third-order valence-corrected chi connectivity index (χ3v) is 4.08. The Balaban J connectivity index is 1.85. The Hall–Kier alpha value is -2.99. The second-order valence-electron chi connectivity index (χ2n) is 5.59. The maximum Gasteiger partial charge on any atom is 0.306 e. The number of carboxylic acid groups (broad SMARTS) is 1. The van der Waals surface area contributed by atoms with Gasteiger partial charge in [0, 0.05) is 11.1 Å². The normalized spacial score (nSPS) is 10.7. The van der Waals surface area contributed by atoms with Crippen LogP contribution < -0.4 is 14.9 Å². The number of benzene rings is 2. The van der Waals surface area contributed by atoms with E-state index in [0.29, 0.717) is 27.5 Å². The summed E-state index contributed by atoms with van der Waals surface area (Å²) >= 11 is 5.98. The Bertz CT molecular complexity index is 1020. The van der Waals surface area contributed by atoms with Crippen LogP contribution in [0, 0.1) is 6.92 Å². The standard InChI is InChI=1S/C19H15ClO6/c1-11-8-13(3-5-15(11)20)26-17-10-25-16-9-12(24-7-6-18(21)22)2-4-14(16)19(17)23/h2-5,8-10H,6-7H2,1H3,(H,21,22). The van der Waals surface area contributed by atoms with E-state index in [4.69, 9.17) is 30.6 Å². The van der Waals surface area contributed by atoms with Gasteiger partial charge in [-0.15, -0.1) is 0 Å². The minimum Gasteiger partial charge on any atom is -0.493 e. The van der Waals surface area contributed by atoms with Crippen molar-refractivity contribution >= 4 is 28.5 Å². The second kappa shape index (κ2) is 7.49. The van der Waals surface area contributed by atoms with E-state index in [-0.39, 0.29) is 24.2 Å². The quantitative estimate of drug-likeness (QED) is 0.688. The summed E-state index contributed by atoms with van der Waals surface area (Å²) in [4.78, 5) is 23.1. The van der Waals surface area contributed by atoms with E-state index in [9.17, 15) is 9.59 Å². The minimum atomic E-state index is -0.948. The summed E-state index contributed by atoms with van der Waals surface area (Å²) in [7, 11) is 0. The van der Waals surface area contributed by atoms with Gasteiger partial charge in [0.1, 0.15) is 23.3 Å². The lowest BCUT2D eigenvalue weighted by atomic mass is 10.2. The van der Waals surface area contributed by atoms with Crippen molar-refractivity contribution in [3.63, 3.8) is 0 Å². The van der Waals surface area contributed by atoms with Crippen LogP contribution in [0.1, 0.15) is 12.0 Å². The van der Waals surface area contributed by atoms with Gasteiger partial charge < -0.3 is 19.0 Å². The first-order valence-electron chi connectivity index (χ1n) is 7.78. The zero-order chi connectivity index (χ0) is 18.7. The Kier molecular flexibility index (Phi) is 5.14. The number of rotatable bonds is 6. The van der Waals surface area contributed by atoms with Crippen molar-refractivity contribution in [2.45, 2.75) is 13.3 Å². The maximum absolute atomic E-state index is 12.6. The first-order chi connectivity index (χ1) is 12.4. The van der Waals surface area contributed by atoms with Gasteiger partial charge in [0.15, 0.2) is 0 Å². The summed E-state index contributed by atoms with van der Waals surface area (Å²) in [6.45, 7) is 1.87. The molecule has 134 valence electrons. The van der Waals surface area contributed by atoms with Crippen LogP contribution in [0.2, 0.25) is 5.02 Å². The summed E-state index contributed by atoms with van der Waals surface area (Å²) in [6.07, 6.45) is 1.12. The number of fused-ring (bicyclic) bond motifs is 1. The highest BCUT2D eigenvalue weighted by molar-refractivity contribution is 6.31. The van der Waals surface area contributed by atoms with Crippen molar-refractivity contribution in [2.24, 2.45) is 0 Å². The molecular weight excluding hydrogens is 360 g/mol. The molecule has 0 amide bonds. The van der Waals surface area contributed by atoms with Gasteiger partial charge in [0.05, 0.1) is 18.4 Å². The topological polar surface area (TPSA) is 86.0 Å². The molecule has 1 N–H and O–H groups in total. The fraction of sp³-hybridized carbons (Fsp3) is 0.158. The lowest BCUT2D eigenvalue weighted by molar-refractivity contribution is -0.137. The molecule has 0 radical (unpaired) electrons. The number of ether oxygens (including phenoxy) is 2. The van der Waals surface area contributed by atoms with Crippen LogP contribution in [0.4, 0.5) is 0 Å². The van der Waals surface area contributed by atoms with Gasteiger partial charge in [-0.3, -0.25) is 9.59 Å². The largest absolute Gasteiger partial charge is 0.493 e. The average Bonchev–Trinajstić information content (AvgIpc) is 2.60. The monoisotopic (exact) mass is 374 g/mol. The highest BCUT2D eigenvalue weighted by Crippen LogP contribution is 2.26. The summed E-state index contributed by atoms with van der Waals surface area (Å²) in [6, 6.07) is 9.75. The Morgan fingerprint density at radius 3 is 2.69 bits per heavy atom. The van der Waals surface area contributed by atoms with E-state index in [1.807, 2.05) is 6.92 Å². The smallest absolute Gasteiger partial charge is 0.306 e. The molecule has 0 fully saturated rings. The molecule has 6 nitrogen and oxygen atoms in total. The summed E-state index contributed by atoms with van der Waals surface area (Å²) in [5.74, 6) is 0.00591. The summed E-state index contributed by atoms with van der Waals surface area (Å²) in [5, 5.41) is 9.56. The molecule has 0 atom stereocenters. The van der Waals surface area contributed by atoms with Crippen molar-refractivity contribution < 1.29 is 23.8 Å². The molecule has 2 aromatic carbocycles. The molecule has 26 heavy (non-hydrogen) atoms. The molecule has 3 rings (SSSR count). The SMILES string of the molecule is Cc1cc(Oc2coc3cc(OCCC(=O)O)ccc3c2=O)ccc1Cl. The van der Waals surface area contributed by atoms with Gasteiger partial charge in [-0.1, -0.05) is 11.6 Å². The van der Waals surface area contributed by atoms with E-state index in [0.717, 1.165) is 5.56 Å².